The zero-order valence-corrected chi connectivity index (χ0v) is 13.8. The molecule has 0 bridgehead atoms. The second-order valence-corrected chi connectivity index (χ2v) is 7.19. The van der Waals surface area contributed by atoms with E-state index in [1.807, 2.05) is 0 Å². The summed E-state index contributed by atoms with van der Waals surface area (Å²) in [4.78, 5) is 10.9. The summed E-state index contributed by atoms with van der Waals surface area (Å²) in [5.74, 6) is -2.93. The van der Waals surface area contributed by atoms with Crippen molar-refractivity contribution in [1.29, 1.82) is 0 Å². The van der Waals surface area contributed by atoms with E-state index in [0.717, 1.165) is 16.4 Å². The minimum atomic E-state index is -4.01. The topological polar surface area (TPSA) is 95.9 Å². The van der Waals surface area contributed by atoms with Crippen LogP contribution in [0.25, 0.3) is 0 Å². The van der Waals surface area contributed by atoms with Gasteiger partial charge >= 0.3 is 12.6 Å². The molecule has 1 aromatic carbocycles. The highest BCUT2D eigenvalue weighted by Gasteiger charge is 2.31. The zero-order valence-electron chi connectivity index (χ0n) is 13.0. The molecule has 1 aliphatic heterocycles. The third-order valence-electron chi connectivity index (χ3n) is 3.87. The fourth-order valence-electron chi connectivity index (χ4n) is 2.51. The molecular formula is C14H17F3N2O5S. The van der Waals surface area contributed by atoms with Crippen molar-refractivity contribution < 1.29 is 36.2 Å². The molecule has 0 aromatic heterocycles. The molecule has 2 N–H and O–H groups in total. The van der Waals surface area contributed by atoms with Gasteiger partial charge in [-0.3, -0.25) is 4.79 Å². The molecule has 1 heterocycles. The van der Waals surface area contributed by atoms with Crippen LogP contribution >= 0.6 is 0 Å². The van der Waals surface area contributed by atoms with Crippen LogP contribution in [0.3, 0.4) is 0 Å². The predicted octanol–water partition coefficient (Wildman–Crippen LogP) is 1.56. The molecule has 0 aliphatic carbocycles. The van der Waals surface area contributed by atoms with Crippen LogP contribution in [0.15, 0.2) is 18.2 Å². The molecule has 0 unspecified atom stereocenters. The van der Waals surface area contributed by atoms with Crippen LogP contribution in [-0.2, 0) is 21.5 Å². The zero-order chi connectivity index (χ0) is 18.6. The Balaban J connectivity index is 2.04. The minimum absolute atomic E-state index is 0.00393. The molecule has 0 spiro atoms. The van der Waals surface area contributed by atoms with Crippen LogP contribution in [0.5, 0.6) is 5.75 Å². The maximum absolute atomic E-state index is 13.8. The second kappa shape index (κ2) is 8.02. The smallest absolute Gasteiger partial charge is 0.387 e. The lowest BCUT2D eigenvalue weighted by molar-refractivity contribution is -0.142. The first kappa shape index (κ1) is 19.5. The number of ether oxygens (including phenoxy) is 1. The number of carbonyl (C=O) groups is 1. The van der Waals surface area contributed by atoms with Crippen molar-refractivity contribution in [2.75, 3.05) is 13.1 Å². The van der Waals surface area contributed by atoms with E-state index < -0.39 is 46.8 Å². The van der Waals surface area contributed by atoms with Crippen LogP contribution in [0, 0.1) is 11.7 Å². The Morgan fingerprint density at radius 1 is 1.36 bits per heavy atom. The third-order valence-corrected chi connectivity index (χ3v) is 5.42. The number of carboxylic acids is 1. The molecule has 0 saturated carbocycles. The lowest BCUT2D eigenvalue weighted by Crippen LogP contribution is -2.45. The number of carboxylic acid groups (broad SMARTS) is 1. The summed E-state index contributed by atoms with van der Waals surface area (Å²) in [5.41, 5.74) is -0.341. The van der Waals surface area contributed by atoms with E-state index in [1.54, 1.807) is 0 Å². The first-order chi connectivity index (χ1) is 11.7. The van der Waals surface area contributed by atoms with Gasteiger partial charge in [0.15, 0.2) is 0 Å². The Morgan fingerprint density at radius 3 is 2.56 bits per heavy atom. The van der Waals surface area contributed by atoms with Gasteiger partial charge in [-0.2, -0.15) is 26.2 Å². The molecule has 0 radical (unpaired) electrons. The van der Waals surface area contributed by atoms with E-state index in [9.17, 15) is 26.4 Å². The van der Waals surface area contributed by atoms with Crippen molar-refractivity contribution in [1.82, 2.24) is 9.03 Å². The van der Waals surface area contributed by atoms with Crippen LogP contribution in [0.1, 0.15) is 18.4 Å². The predicted molar refractivity (Wildman–Crippen MR) is 80.7 cm³/mol. The standard InChI is InChI=1S/C14H17F3N2O5S/c15-11-2-1-3-12(24-14(16)17)10(11)8-18-25(22,23)19-6-4-9(5-7-19)13(20)21/h1-3,9,14,18H,4-8H2,(H,20,21). The summed E-state index contributed by atoms with van der Waals surface area (Å²) in [6.07, 6.45) is 0.325. The Kier molecular flexibility index (Phi) is 6.25. The molecular weight excluding hydrogens is 365 g/mol. The molecule has 1 aromatic rings. The molecule has 11 heteroatoms. The molecule has 0 atom stereocenters. The number of halogens is 3. The summed E-state index contributed by atoms with van der Waals surface area (Å²) in [5, 5.41) is 8.91. The van der Waals surface area contributed by atoms with Gasteiger partial charge in [-0.1, -0.05) is 6.07 Å². The first-order valence-electron chi connectivity index (χ1n) is 7.40. The number of nitrogens with zero attached hydrogens (tertiary/aromatic N) is 1. The Hall–Kier alpha value is -1.85. The average molecular weight is 382 g/mol. The molecule has 0 amide bonds. The number of piperidine rings is 1. The van der Waals surface area contributed by atoms with Crippen molar-refractivity contribution in [3.63, 3.8) is 0 Å². The quantitative estimate of drug-likeness (QED) is 0.746. The Bertz CT molecular complexity index is 721. The maximum atomic E-state index is 13.8. The first-order valence-corrected chi connectivity index (χ1v) is 8.84. The van der Waals surface area contributed by atoms with E-state index in [0.29, 0.717) is 0 Å². The van der Waals surface area contributed by atoms with E-state index >= 15 is 0 Å². The summed E-state index contributed by atoms with van der Waals surface area (Å²) < 4.78 is 70.4. The normalized spacial score (nSPS) is 17.0. The van der Waals surface area contributed by atoms with Crippen LogP contribution in [0.4, 0.5) is 13.2 Å². The second-order valence-electron chi connectivity index (χ2n) is 5.43. The van der Waals surface area contributed by atoms with Crippen molar-refractivity contribution in [2.45, 2.75) is 26.0 Å². The monoisotopic (exact) mass is 382 g/mol. The lowest BCUT2D eigenvalue weighted by Gasteiger charge is -2.29. The van der Waals surface area contributed by atoms with Crippen LogP contribution in [0.2, 0.25) is 0 Å². The number of hydrogen-bond acceptors (Lipinski definition) is 4. The molecule has 1 fully saturated rings. The van der Waals surface area contributed by atoms with Crippen molar-refractivity contribution >= 4 is 16.2 Å². The molecule has 140 valence electrons. The lowest BCUT2D eigenvalue weighted by atomic mass is 9.99. The van der Waals surface area contributed by atoms with Gasteiger partial charge < -0.3 is 9.84 Å². The summed E-state index contributed by atoms with van der Waals surface area (Å²) in [6, 6.07) is 3.28. The highest BCUT2D eigenvalue weighted by molar-refractivity contribution is 7.87. The molecule has 1 saturated heterocycles. The number of rotatable bonds is 7. The summed E-state index contributed by atoms with van der Waals surface area (Å²) in [6.45, 7) is -3.74. The number of nitrogens with one attached hydrogen (secondary N) is 1. The Labute approximate surface area is 142 Å². The fraction of sp³-hybridized carbons (Fsp3) is 0.500. The summed E-state index contributed by atoms with van der Waals surface area (Å²) in [7, 11) is -4.01. The van der Waals surface area contributed by atoms with Gasteiger partial charge in [-0.25, -0.2) is 4.39 Å². The number of hydrogen-bond donors (Lipinski definition) is 2. The maximum Gasteiger partial charge on any atom is 0.387 e. The van der Waals surface area contributed by atoms with Gasteiger partial charge in [0.2, 0.25) is 0 Å². The van der Waals surface area contributed by atoms with E-state index in [1.165, 1.54) is 6.07 Å². The largest absolute Gasteiger partial charge is 0.481 e. The number of aliphatic carboxylic acids is 1. The number of alkyl halides is 2. The van der Waals surface area contributed by atoms with E-state index in [-0.39, 0.29) is 31.5 Å². The highest BCUT2D eigenvalue weighted by atomic mass is 32.2. The molecule has 25 heavy (non-hydrogen) atoms. The van der Waals surface area contributed by atoms with Crippen molar-refractivity contribution in [2.24, 2.45) is 5.92 Å². The SMILES string of the molecule is O=C(O)C1CCN(S(=O)(=O)NCc2c(F)cccc2OC(F)F)CC1. The molecule has 1 aliphatic rings. The van der Waals surface area contributed by atoms with Crippen molar-refractivity contribution in [3.05, 3.63) is 29.6 Å². The van der Waals surface area contributed by atoms with Gasteiger partial charge in [-0.05, 0) is 25.0 Å². The van der Waals surface area contributed by atoms with Gasteiger partial charge in [-0.15, -0.1) is 0 Å². The minimum Gasteiger partial charge on any atom is -0.481 e. The van der Waals surface area contributed by atoms with Gasteiger partial charge in [0.05, 0.1) is 5.92 Å². The van der Waals surface area contributed by atoms with E-state index in [4.69, 9.17) is 5.11 Å². The average Bonchev–Trinajstić information content (AvgIpc) is 2.54. The van der Waals surface area contributed by atoms with Gasteiger partial charge in [0.1, 0.15) is 11.6 Å². The van der Waals surface area contributed by atoms with Crippen molar-refractivity contribution in [3.8, 4) is 5.75 Å². The molecule has 7 nitrogen and oxygen atoms in total. The third kappa shape index (κ3) is 5.06. The fourth-order valence-corrected chi connectivity index (χ4v) is 3.72. The Morgan fingerprint density at radius 2 is 2.00 bits per heavy atom. The van der Waals surface area contributed by atoms with Gasteiger partial charge in [0.25, 0.3) is 10.2 Å². The van der Waals surface area contributed by atoms with E-state index in [2.05, 4.69) is 9.46 Å². The highest BCUT2D eigenvalue weighted by Crippen LogP contribution is 2.24. The molecule has 2 rings (SSSR count). The van der Waals surface area contributed by atoms with Crippen LogP contribution < -0.4 is 9.46 Å². The van der Waals surface area contributed by atoms with Gasteiger partial charge in [0, 0.05) is 25.2 Å². The van der Waals surface area contributed by atoms with Crippen LogP contribution in [-0.4, -0.2) is 43.5 Å². The number of benzene rings is 1. The summed E-state index contributed by atoms with van der Waals surface area (Å²) >= 11 is 0.